The van der Waals surface area contributed by atoms with Crippen LogP contribution in [0.1, 0.15) is 59.3 Å². The van der Waals surface area contributed by atoms with Gasteiger partial charge >= 0.3 is 5.97 Å². The first-order valence-corrected chi connectivity index (χ1v) is 11.4. The minimum Gasteiger partial charge on any atom is -0.454 e. The molecule has 166 valence electrons. The fraction of sp³-hybridized carbons (Fsp3) is 0.296. The molecule has 0 amide bonds. The molecule has 6 heteroatoms. The summed E-state index contributed by atoms with van der Waals surface area (Å²) in [5.74, 6) is 1.07. The summed E-state index contributed by atoms with van der Waals surface area (Å²) in [7, 11) is 0. The van der Waals surface area contributed by atoms with E-state index >= 15 is 0 Å². The van der Waals surface area contributed by atoms with E-state index in [0.29, 0.717) is 18.4 Å². The number of nitrogens with zero attached hydrogens (tertiary/aromatic N) is 1. The van der Waals surface area contributed by atoms with Crippen LogP contribution in [0.2, 0.25) is 0 Å². The zero-order chi connectivity index (χ0) is 22.4. The standard InChI is InChI=1S/C27H23NO5/c29-21-9-4-10-22(21)33-27(30)25-18-6-1-2-8-20(18)28-26-17(5-3-7-19(25)26)13-16-11-12-23-24(14-16)32-15-31-23/h1-2,6,8,11-14,22H,3-5,7,9-10,15H2/b17-13-. The fourth-order valence-corrected chi connectivity index (χ4v) is 5.01. The number of pyridine rings is 1. The number of carbonyl (C=O) groups excluding carboxylic acids is 2. The van der Waals surface area contributed by atoms with Crippen LogP contribution in [0.4, 0.5) is 0 Å². The molecule has 2 heterocycles. The highest BCUT2D eigenvalue weighted by molar-refractivity contribution is 6.07. The maximum Gasteiger partial charge on any atom is 0.339 e. The van der Waals surface area contributed by atoms with E-state index in [1.54, 1.807) is 0 Å². The molecular weight excluding hydrogens is 418 g/mol. The van der Waals surface area contributed by atoms with Crippen molar-refractivity contribution in [3.63, 3.8) is 0 Å². The van der Waals surface area contributed by atoms with Crippen molar-refractivity contribution in [1.29, 1.82) is 0 Å². The number of fused-ring (bicyclic) bond motifs is 3. The van der Waals surface area contributed by atoms with Crippen LogP contribution in [0.5, 0.6) is 11.5 Å². The van der Waals surface area contributed by atoms with Crippen LogP contribution in [0.25, 0.3) is 22.6 Å². The Kier molecular flexibility index (Phi) is 4.86. The first-order chi connectivity index (χ1) is 16.2. The number of aromatic nitrogens is 1. The monoisotopic (exact) mass is 441 g/mol. The van der Waals surface area contributed by atoms with Gasteiger partial charge < -0.3 is 14.2 Å². The number of hydrogen-bond acceptors (Lipinski definition) is 6. The van der Waals surface area contributed by atoms with E-state index in [2.05, 4.69) is 6.08 Å². The molecule has 6 rings (SSSR count). The van der Waals surface area contributed by atoms with Gasteiger partial charge in [0.25, 0.3) is 0 Å². The molecule has 0 spiro atoms. The summed E-state index contributed by atoms with van der Waals surface area (Å²) < 4.78 is 16.7. The number of ketones is 1. The van der Waals surface area contributed by atoms with Crippen LogP contribution in [0.3, 0.4) is 0 Å². The van der Waals surface area contributed by atoms with Crippen LogP contribution in [-0.4, -0.2) is 29.6 Å². The van der Waals surface area contributed by atoms with Crippen LogP contribution >= 0.6 is 0 Å². The summed E-state index contributed by atoms with van der Waals surface area (Å²) in [4.78, 5) is 30.4. The van der Waals surface area contributed by atoms with Crippen LogP contribution in [0, 0.1) is 0 Å². The number of hydrogen-bond donors (Lipinski definition) is 0. The zero-order valence-corrected chi connectivity index (χ0v) is 18.1. The van der Waals surface area contributed by atoms with E-state index in [9.17, 15) is 9.59 Å². The summed E-state index contributed by atoms with van der Waals surface area (Å²) in [6, 6.07) is 13.5. The van der Waals surface area contributed by atoms with Crippen LogP contribution in [-0.2, 0) is 16.0 Å². The smallest absolute Gasteiger partial charge is 0.339 e. The highest BCUT2D eigenvalue weighted by Crippen LogP contribution is 2.38. The Balaban J connectivity index is 1.46. The van der Waals surface area contributed by atoms with E-state index in [1.807, 2.05) is 42.5 Å². The number of carbonyl (C=O) groups is 2. The Bertz CT molecular complexity index is 1330. The van der Waals surface area contributed by atoms with Gasteiger partial charge in [0.15, 0.2) is 23.4 Å². The molecule has 1 unspecified atom stereocenters. The van der Waals surface area contributed by atoms with E-state index < -0.39 is 12.1 Å². The van der Waals surface area contributed by atoms with E-state index in [0.717, 1.165) is 70.5 Å². The lowest BCUT2D eigenvalue weighted by Gasteiger charge is -2.23. The second-order valence-electron chi connectivity index (χ2n) is 8.72. The Morgan fingerprint density at radius 3 is 2.79 bits per heavy atom. The SMILES string of the molecule is O=C(OC1CCCC1=O)c1c2c(nc3ccccc13)/C(=C\c1ccc3c(c1)OCO3)CCC2. The van der Waals surface area contributed by atoms with Crippen molar-refractivity contribution in [3.8, 4) is 11.5 Å². The molecule has 0 N–H and O–H groups in total. The van der Waals surface area contributed by atoms with Crippen molar-refractivity contribution in [2.24, 2.45) is 0 Å². The molecule has 6 nitrogen and oxygen atoms in total. The quantitative estimate of drug-likeness (QED) is 0.525. The zero-order valence-electron chi connectivity index (χ0n) is 18.1. The van der Waals surface area contributed by atoms with Gasteiger partial charge in [-0.3, -0.25) is 4.79 Å². The van der Waals surface area contributed by atoms with Gasteiger partial charge in [0.1, 0.15) is 0 Å². The number of Topliss-reactive ketones (excluding diaryl/α,β-unsaturated/α-hetero) is 1. The molecule has 1 aromatic heterocycles. The average molecular weight is 441 g/mol. The van der Waals surface area contributed by atoms with Gasteiger partial charge in [0, 0.05) is 11.8 Å². The first kappa shape index (κ1) is 20.0. The van der Waals surface area contributed by atoms with Crippen molar-refractivity contribution >= 4 is 34.3 Å². The molecule has 3 aromatic rings. The maximum absolute atomic E-state index is 13.4. The normalized spacial score (nSPS) is 20.3. The fourth-order valence-electron chi connectivity index (χ4n) is 5.01. The summed E-state index contributed by atoms with van der Waals surface area (Å²) >= 11 is 0. The minimum absolute atomic E-state index is 0.0129. The van der Waals surface area contributed by atoms with Gasteiger partial charge in [0.2, 0.25) is 6.79 Å². The largest absolute Gasteiger partial charge is 0.454 e. The number of ether oxygens (including phenoxy) is 3. The lowest BCUT2D eigenvalue weighted by molar-refractivity contribution is -0.124. The molecule has 2 aromatic carbocycles. The van der Waals surface area contributed by atoms with Gasteiger partial charge in [-0.15, -0.1) is 0 Å². The van der Waals surface area contributed by atoms with Gasteiger partial charge in [-0.1, -0.05) is 24.3 Å². The molecule has 0 radical (unpaired) electrons. The number of benzene rings is 2. The number of rotatable bonds is 3. The predicted octanol–water partition coefficient (Wildman–Crippen LogP) is 5.12. The Labute approximate surface area is 191 Å². The average Bonchev–Trinajstić information content (AvgIpc) is 3.46. The second-order valence-corrected chi connectivity index (χ2v) is 8.72. The molecule has 0 bridgehead atoms. The third-order valence-electron chi connectivity index (χ3n) is 6.61. The Morgan fingerprint density at radius 1 is 1.03 bits per heavy atom. The third-order valence-corrected chi connectivity index (χ3v) is 6.61. The van der Waals surface area contributed by atoms with Crippen LogP contribution in [0.15, 0.2) is 42.5 Å². The molecule has 33 heavy (non-hydrogen) atoms. The maximum atomic E-state index is 13.4. The van der Waals surface area contributed by atoms with Crippen molar-refractivity contribution in [2.75, 3.05) is 6.79 Å². The minimum atomic E-state index is -0.632. The van der Waals surface area contributed by atoms with Crippen molar-refractivity contribution in [3.05, 3.63) is 64.8 Å². The predicted molar refractivity (Wildman–Crippen MR) is 123 cm³/mol. The van der Waals surface area contributed by atoms with Crippen molar-refractivity contribution in [2.45, 2.75) is 44.6 Å². The second kappa shape index (κ2) is 8.03. The molecular formula is C27H23NO5. The van der Waals surface area contributed by atoms with E-state index in [1.165, 1.54) is 0 Å². The summed E-state index contributed by atoms with van der Waals surface area (Å²) in [6.45, 7) is 0.237. The molecule has 1 fully saturated rings. The number of para-hydroxylation sites is 1. The number of esters is 1. The first-order valence-electron chi connectivity index (χ1n) is 11.4. The van der Waals surface area contributed by atoms with Crippen LogP contribution < -0.4 is 9.47 Å². The lowest BCUT2D eigenvalue weighted by atomic mass is 9.86. The molecule has 1 saturated carbocycles. The third kappa shape index (κ3) is 3.55. The molecule has 0 saturated heterocycles. The van der Waals surface area contributed by atoms with Gasteiger partial charge in [-0.05, 0) is 73.1 Å². The van der Waals surface area contributed by atoms with E-state index in [4.69, 9.17) is 19.2 Å². The summed E-state index contributed by atoms with van der Waals surface area (Å²) in [5, 5.41) is 0.774. The molecule has 2 aliphatic carbocycles. The Morgan fingerprint density at radius 2 is 1.91 bits per heavy atom. The molecule has 3 aliphatic rings. The molecule has 1 aliphatic heterocycles. The highest BCUT2D eigenvalue weighted by atomic mass is 16.7. The topological polar surface area (TPSA) is 74.7 Å². The van der Waals surface area contributed by atoms with Gasteiger partial charge in [-0.2, -0.15) is 0 Å². The summed E-state index contributed by atoms with van der Waals surface area (Å²) in [6.07, 6.45) is 5.85. The highest BCUT2D eigenvalue weighted by Gasteiger charge is 2.31. The number of allylic oxidation sites excluding steroid dienone is 1. The van der Waals surface area contributed by atoms with Gasteiger partial charge in [0.05, 0.1) is 16.8 Å². The van der Waals surface area contributed by atoms with Gasteiger partial charge in [-0.25, -0.2) is 9.78 Å². The Hall–Kier alpha value is -3.67. The van der Waals surface area contributed by atoms with Crippen molar-refractivity contribution in [1.82, 2.24) is 4.98 Å². The lowest BCUT2D eigenvalue weighted by Crippen LogP contribution is -2.24. The summed E-state index contributed by atoms with van der Waals surface area (Å²) in [5.41, 5.74) is 5.11. The van der Waals surface area contributed by atoms with E-state index in [-0.39, 0.29) is 12.6 Å². The van der Waals surface area contributed by atoms with Crippen molar-refractivity contribution < 1.29 is 23.8 Å². The molecule has 1 atom stereocenters.